The molecule has 1 fully saturated rings. The Morgan fingerprint density at radius 1 is 1.40 bits per heavy atom. The van der Waals surface area contributed by atoms with Gasteiger partial charge in [0.25, 0.3) is 0 Å². The van der Waals surface area contributed by atoms with E-state index in [4.69, 9.17) is 22.4 Å². The lowest BCUT2D eigenvalue weighted by molar-refractivity contribution is -0.148. The quantitative estimate of drug-likeness (QED) is 0.877. The number of hydrogen-bond acceptors (Lipinski definition) is 3. The maximum Gasteiger partial charge on any atom is 0.326 e. The van der Waals surface area contributed by atoms with Gasteiger partial charge in [0.05, 0.1) is 6.04 Å². The van der Waals surface area contributed by atoms with Gasteiger partial charge >= 0.3 is 5.97 Å². The lowest BCUT2D eigenvalue weighted by Crippen LogP contribution is -2.49. The van der Waals surface area contributed by atoms with Gasteiger partial charge in [-0.1, -0.05) is 23.7 Å². The van der Waals surface area contributed by atoms with Crippen molar-refractivity contribution in [3.63, 3.8) is 0 Å². The molecule has 20 heavy (non-hydrogen) atoms. The Morgan fingerprint density at radius 2 is 2.05 bits per heavy atom. The summed E-state index contributed by atoms with van der Waals surface area (Å²) in [5.74, 6) is -1.26. The second kappa shape index (κ2) is 6.24. The van der Waals surface area contributed by atoms with Crippen LogP contribution in [0.2, 0.25) is 5.02 Å². The zero-order valence-corrected chi connectivity index (χ0v) is 11.7. The summed E-state index contributed by atoms with van der Waals surface area (Å²) in [5.41, 5.74) is 6.82. The first-order chi connectivity index (χ1) is 9.49. The number of halogens is 1. The number of benzene rings is 1. The molecule has 1 aromatic carbocycles. The molecule has 6 heteroatoms. The molecular weight excluding hydrogens is 280 g/mol. The van der Waals surface area contributed by atoms with Gasteiger partial charge in [0.15, 0.2) is 0 Å². The molecular formula is C14H17ClN2O3. The van der Waals surface area contributed by atoms with Gasteiger partial charge in [0.2, 0.25) is 5.91 Å². The first-order valence-electron chi connectivity index (χ1n) is 6.52. The van der Waals surface area contributed by atoms with Crippen LogP contribution in [0.1, 0.15) is 18.4 Å². The topological polar surface area (TPSA) is 83.6 Å². The van der Waals surface area contributed by atoms with E-state index in [1.807, 2.05) is 12.1 Å². The summed E-state index contributed by atoms with van der Waals surface area (Å²) in [4.78, 5) is 24.7. The maximum absolute atomic E-state index is 12.2. The van der Waals surface area contributed by atoms with Crippen LogP contribution in [-0.4, -0.2) is 40.5 Å². The summed E-state index contributed by atoms with van der Waals surface area (Å²) in [7, 11) is 0. The van der Waals surface area contributed by atoms with Crippen molar-refractivity contribution in [2.75, 3.05) is 6.54 Å². The lowest BCUT2D eigenvalue weighted by atomic mass is 10.1. The van der Waals surface area contributed by atoms with E-state index in [0.717, 1.165) is 5.56 Å². The summed E-state index contributed by atoms with van der Waals surface area (Å²) in [6.45, 7) is 0.462. The molecule has 2 rings (SSSR count). The summed E-state index contributed by atoms with van der Waals surface area (Å²) in [6, 6.07) is 5.64. The summed E-state index contributed by atoms with van der Waals surface area (Å²) < 4.78 is 0. The van der Waals surface area contributed by atoms with Crippen LogP contribution in [0.3, 0.4) is 0 Å². The van der Waals surface area contributed by atoms with E-state index in [0.29, 0.717) is 30.8 Å². The molecule has 1 aliphatic heterocycles. The molecule has 0 aromatic heterocycles. The van der Waals surface area contributed by atoms with E-state index in [-0.39, 0.29) is 5.91 Å². The van der Waals surface area contributed by atoms with Crippen molar-refractivity contribution in [2.45, 2.75) is 31.3 Å². The van der Waals surface area contributed by atoms with Crippen molar-refractivity contribution in [2.24, 2.45) is 5.73 Å². The predicted octanol–water partition coefficient (Wildman–Crippen LogP) is 1.29. The molecule has 0 saturated carbocycles. The molecule has 108 valence electrons. The Morgan fingerprint density at radius 3 is 2.65 bits per heavy atom. The number of aliphatic carboxylic acids is 1. The summed E-state index contributed by atoms with van der Waals surface area (Å²) >= 11 is 5.80. The van der Waals surface area contributed by atoms with Gasteiger partial charge in [0.1, 0.15) is 6.04 Å². The van der Waals surface area contributed by atoms with Crippen molar-refractivity contribution in [3.8, 4) is 0 Å². The monoisotopic (exact) mass is 296 g/mol. The van der Waals surface area contributed by atoms with Gasteiger partial charge in [-0.3, -0.25) is 4.79 Å². The SMILES string of the molecule is NC(Cc1ccc(Cl)cc1)C(=O)N1CCC[C@H]1C(=O)O. The van der Waals surface area contributed by atoms with Crippen molar-refractivity contribution in [1.82, 2.24) is 4.90 Å². The first-order valence-corrected chi connectivity index (χ1v) is 6.90. The number of rotatable bonds is 4. The van der Waals surface area contributed by atoms with Crippen LogP contribution < -0.4 is 5.73 Å². The highest BCUT2D eigenvalue weighted by Crippen LogP contribution is 2.19. The number of carbonyl (C=O) groups is 2. The van der Waals surface area contributed by atoms with Gasteiger partial charge in [-0.2, -0.15) is 0 Å². The number of nitrogens with two attached hydrogens (primary N) is 1. The fraction of sp³-hybridized carbons (Fsp3) is 0.429. The highest BCUT2D eigenvalue weighted by atomic mass is 35.5. The number of nitrogens with zero attached hydrogens (tertiary/aromatic N) is 1. The van der Waals surface area contributed by atoms with Crippen molar-refractivity contribution >= 4 is 23.5 Å². The lowest BCUT2D eigenvalue weighted by Gasteiger charge is -2.24. The van der Waals surface area contributed by atoms with Crippen LogP contribution in [0, 0.1) is 0 Å². The van der Waals surface area contributed by atoms with Gasteiger partial charge in [0, 0.05) is 11.6 Å². The van der Waals surface area contributed by atoms with Crippen LogP contribution in [0.25, 0.3) is 0 Å². The largest absolute Gasteiger partial charge is 0.480 e. The van der Waals surface area contributed by atoms with E-state index in [1.165, 1.54) is 4.90 Å². The Labute approximate surface area is 122 Å². The molecule has 3 N–H and O–H groups in total. The van der Waals surface area contributed by atoms with Gasteiger partial charge in [-0.15, -0.1) is 0 Å². The van der Waals surface area contributed by atoms with E-state index in [1.54, 1.807) is 12.1 Å². The molecule has 2 atom stereocenters. The number of amides is 1. The van der Waals surface area contributed by atoms with Crippen LogP contribution in [-0.2, 0) is 16.0 Å². The molecule has 1 aliphatic rings. The number of carbonyl (C=O) groups excluding carboxylic acids is 1. The average molecular weight is 297 g/mol. The fourth-order valence-electron chi connectivity index (χ4n) is 2.46. The molecule has 1 aromatic rings. The number of hydrogen-bond donors (Lipinski definition) is 2. The second-order valence-electron chi connectivity index (χ2n) is 4.96. The van der Waals surface area contributed by atoms with Gasteiger partial charge in [-0.25, -0.2) is 4.79 Å². The van der Waals surface area contributed by atoms with Crippen molar-refractivity contribution in [3.05, 3.63) is 34.9 Å². The van der Waals surface area contributed by atoms with E-state index < -0.39 is 18.1 Å². The molecule has 1 saturated heterocycles. The fourth-order valence-corrected chi connectivity index (χ4v) is 2.59. The highest BCUT2D eigenvalue weighted by molar-refractivity contribution is 6.30. The molecule has 1 heterocycles. The normalized spacial score (nSPS) is 19.9. The highest BCUT2D eigenvalue weighted by Gasteiger charge is 2.35. The number of likely N-dealkylation sites (tertiary alicyclic amines) is 1. The minimum atomic E-state index is -0.963. The smallest absolute Gasteiger partial charge is 0.326 e. The predicted molar refractivity (Wildman–Crippen MR) is 75.5 cm³/mol. The molecule has 0 bridgehead atoms. The van der Waals surface area contributed by atoms with E-state index >= 15 is 0 Å². The number of carboxylic acids is 1. The number of carboxylic acid groups (broad SMARTS) is 1. The van der Waals surface area contributed by atoms with Crippen LogP contribution in [0.4, 0.5) is 0 Å². The summed E-state index contributed by atoms with van der Waals surface area (Å²) in [5, 5.41) is 9.71. The van der Waals surface area contributed by atoms with Crippen LogP contribution in [0.15, 0.2) is 24.3 Å². The van der Waals surface area contributed by atoms with Gasteiger partial charge in [-0.05, 0) is 37.0 Å². The third kappa shape index (κ3) is 3.29. The average Bonchev–Trinajstić information content (AvgIpc) is 2.90. The third-order valence-corrected chi connectivity index (χ3v) is 3.76. The van der Waals surface area contributed by atoms with Gasteiger partial charge < -0.3 is 15.7 Å². The second-order valence-corrected chi connectivity index (χ2v) is 5.40. The first kappa shape index (κ1) is 14.8. The standard InChI is InChI=1S/C14H17ClN2O3/c15-10-5-3-9(4-6-10)8-11(16)13(18)17-7-1-2-12(17)14(19)20/h3-6,11-12H,1-2,7-8,16H2,(H,19,20)/t11?,12-/m0/s1. The zero-order valence-electron chi connectivity index (χ0n) is 11.0. The Balaban J connectivity index is 2.01. The summed E-state index contributed by atoms with van der Waals surface area (Å²) in [6.07, 6.45) is 1.57. The maximum atomic E-state index is 12.2. The van der Waals surface area contributed by atoms with Crippen LogP contribution >= 0.6 is 11.6 Å². The molecule has 0 spiro atoms. The van der Waals surface area contributed by atoms with E-state index in [2.05, 4.69) is 0 Å². The Hall–Kier alpha value is -1.59. The van der Waals surface area contributed by atoms with Crippen LogP contribution in [0.5, 0.6) is 0 Å². The molecule has 0 aliphatic carbocycles. The molecule has 0 radical (unpaired) electrons. The van der Waals surface area contributed by atoms with Crippen molar-refractivity contribution in [1.29, 1.82) is 0 Å². The Bertz CT molecular complexity index is 504. The van der Waals surface area contributed by atoms with Crippen molar-refractivity contribution < 1.29 is 14.7 Å². The molecule has 1 amide bonds. The molecule has 1 unspecified atom stereocenters. The third-order valence-electron chi connectivity index (χ3n) is 3.51. The minimum Gasteiger partial charge on any atom is -0.480 e. The minimum absolute atomic E-state index is 0.301. The zero-order chi connectivity index (χ0) is 14.7. The molecule has 5 nitrogen and oxygen atoms in total. The van der Waals surface area contributed by atoms with E-state index in [9.17, 15) is 9.59 Å². The Kier molecular flexibility index (Phi) is 4.62.